The van der Waals surface area contributed by atoms with Gasteiger partial charge in [-0.25, -0.2) is 9.37 Å². The lowest BCUT2D eigenvalue weighted by Gasteiger charge is -2.49. The molecule has 5 rings (SSSR count). The first-order valence-corrected chi connectivity index (χ1v) is 14.1. The van der Waals surface area contributed by atoms with Gasteiger partial charge >= 0.3 is 0 Å². The minimum absolute atomic E-state index is 0.0544. The first-order chi connectivity index (χ1) is 18.3. The zero-order chi connectivity index (χ0) is 27.1. The molecule has 0 aliphatic carbocycles. The van der Waals surface area contributed by atoms with Crippen molar-refractivity contribution in [2.45, 2.75) is 72.1 Å². The maximum atomic E-state index is 15.6. The molecule has 3 atom stereocenters. The van der Waals surface area contributed by atoms with Crippen LogP contribution in [0.4, 0.5) is 10.1 Å². The smallest absolute Gasteiger partial charge is 0.252 e. The van der Waals surface area contributed by atoms with Crippen molar-refractivity contribution in [3.8, 4) is 11.8 Å². The molecule has 3 aromatic heterocycles. The summed E-state index contributed by atoms with van der Waals surface area (Å²) in [5.74, 6) is 5.76. The van der Waals surface area contributed by atoms with Crippen LogP contribution in [0.1, 0.15) is 57.1 Å². The van der Waals surface area contributed by atoms with Gasteiger partial charge in [-0.1, -0.05) is 25.8 Å². The lowest BCUT2D eigenvalue weighted by atomic mass is 9.96. The van der Waals surface area contributed by atoms with E-state index in [-0.39, 0.29) is 29.5 Å². The normalized spacial score (nSPS) is 19.2. The van der Waals surface area contributed by atoms with Crippen LogP contribution in [0.25, 0.3) is 21.3 Å². The summed E-state index contributed by atoms with van der Waals surface area (Å²) in [6.45, 7) is 12.2. The van der Waals surface area contributed by atoms with E-state index in [0.29, 0.717) is 17.6 Å². The van der Waals surface area contributed by atoms with Gasteiger partial charge in [0, 0.05) is 49.9 Å². The van der Waals surface area contributed by atoms with Gasteiger partial charge in [0.05, 0.1) is 27.1 Å². The van der Waals surface area contributed by atoms with Crippen LogP contribution in [-0.2, 0) is 13.6 Å². The second kappa shape index (κ2) is 10.5. The van der Waals surface area contributed by atoms with E-state index >= 15 is 4.39 Å². The van der Waals surface area contributed by atoms with Crippen molar-refractivity contribution in [3.63, 3.8) is 0 Å². The molecule has 1 aromatic carbocycles. The van der Waals surface area contributed by atoms with Gasteiger partial charge in [-0.3, -0.25) is 14.4 Å². The van der Waals surface area contributed by atoms with Crippen molar-refractivity contribution in [1.29, 1.82) is 0 Å². The number of rotatable bonds is 6. The van der Waals surface area contributed by atoms with E-state index in [4.69, 9.17) is 5.10 Å². The van der Waals surface area contributed by atoms with E-state index in [0.717, 1.165) is 52.4 Å². The molecule has 1 unspecified atom stereocenters. The minimum Gasteiger partial charge on any atom is -0.364 e. The summed E-state index contributed by atoms with van der Waals surface area (Å²) in [6.07, 6.45) is 3.71. The summed E-state index contributed by atoms with van der Waals surface area (Å²) >= 11 is 1.52. The topological polar surface area (TPSA) is 59.2 Å². The number of benzene rings is 1. The molecule has 7 nitrogen and oxygen atoms in total. The Bertz CT molecular complexity index is 1610. The lowest BCUT2D eigenvalue weighted by molar-refractivity contribution is 0.0995. The SMILES string of the molecule is CC#CCn1cc2c(n1)c(N1C[C@@H](CC)N(C(C)c3ccc4sc(C)nc4c3F)C[C@@H]1CC)cc(=O)n2C. The Balaban J connectivity index is 1.52. The molecule has 4 heterocycles. The number of aromatic nitrogens is 4. The third-order valence-electron chi connectivity index (χ3n) is 7.93. The van der Waals surface area contributed by atoms with Gasteiger partial charge in [-0.2, -0.15) is 5.10 Å². The maximum Gasteiger partial charge on any atom is 0.252 e. The molecule has 0 saturated carbocycles. The largest absolute Gasteiger partial charge is 0.364 e. The number of hydrogen-bond donors (Lipinski definition) is 0. The number of piperazine rings is 1. The Labute approximate surface area is 226 Å². The van der Waals surface area contributed by atoms with Crippen LogP contribution < -0.4 is 10.5 Å². The molecule has 9 heteroatoms. The molecule has 38 heavy (non-hydrogen) atoms. The van der Waals surface area contributed by atoms with Crippen LogP contribution >= 0.6 is 11.3 Å². The van der Waals surface area contributed by atoms with Gasteiger partial charge in [0.15, 0.2) is 5.82 Å². The number of anilines is 1. The van der Waals surface area contributed by atoms with Crippen molar-refractivity contribution in [3.05, 3.63) is 51.1 Å². The Hall–Kier alpha value is -3.22. The third kappa shape index (κ3) is 4.50. The monoisotopic (exact) mass is 534 g/mol. The highest BCUT2D eigenvalue weighted by Gasteiger charge is 2.37. The molecule has 0 spiro atoms. The molecule has 0 radical (unpaired) electrons. The van der Waals surface area contributed by atoms with Crippen molar-refractivity contribution in [1.82, 2.24) is 24.2 Å². The number of fused-ring (bicyclic) bond motifs is 2. The fourth-order valence-electron chi connectivity index (χ4n) is 5.74. The standard InChI is InChI=1S/C29H35FN6OS/c1-7-10-13-34-17-24-28(32-34)23(14-26(37)33(24)6)36-16-20(8-2)35(15-21(36)9-3)18(4)22-11-12-25-29(27(22)30)31-19(5)38-25/h11-12,14,17-18,20-21H,8-9,13,15-16H2,1-6H3/t18?,20-,21+/m1/s1. The zero-order valence-corrected chi connectivity index (χ0v) is 23.8. The first-order valence-electron chi connectivity index (χ1n) is 13.3. The van der Waals surface area contributed by atoms with Crippen LogP contribution in [0.3, 0.4) is 0 Å². The van der Waals surface area contributed by atoms with E-state index in [2.05, 4.69) is 47.4 Å². The number of aryl methyl sites for hydroxylation is 2. The Kier molecular flexibility index (Phi) is 7.30. The predicted molar refractivity (Wildman–Crippen MR) is 153 cm³/mol. The van der Waals surface area contributed by atoms with Crippen molar-refractivity contribution in [2.75, 3.05) is 18.0 Å². The molecule has 1 saturated heterocycles. The van der Waals surface area contributed by atoms with Crippen molar-refractivity contribution in [2.24, 2.45) is 7.05 Å². The summed E-state index contributed by atoms with van der Waals surface area (Å²) in [7, 11) is 1.78. The highest BCUT2D eigenvalue weighted by molar-refractivity contribution is 7.18. The molecule has 0 N–H and O–H groups in total. The first kappa shape index (κ1) is 26.4. The van der Waals surface area contributed by atoms with Crippen molar-refractivity contribution < 1.29 is 4.39 Å². The van der Waals surface area contributed by atoms with Gasteiger partial charge in [0.2, 0.25) is 0 Å². The summed E-state index contributed by atoms with van der Waals surface area (Å²) in [4.78, 5) is 22.2. The third-order valence-corrected chi connectivity index (χ3v) is 8.87. The van der Waals surface area contributed by atoms with Gasteiger partial charge in [-0.05, 0) is 39.7 Å². The number of hydrogen-bond acceptors (Lipinski definition) is 6. The van der Waals surface area contributed by atoms with E-state index in [9.17, 15) is 4.79 Å². The van der Waals surface area contributed by atoms with Crippen LogP contribution in [0, 0.1) is 24.6 Å². The van der Waals surface area contributed by atoms with E-state index in [1.807, 2.05) is 32.2 Å². The van der Waals surface area contributed by atoms with Crippen LogP contribution in [0.2, 0.25) is 0 Å². The quantitative estimate of drug-likeness (QED) is 0.316. The maximum absolute atomic E-state index is 15.6. The van der Waals surface area contributed by atoms with E-state index in [1.165, 1.54) is 11.3 Å². The fraction of sp³-hybridized carbons (Fsp3) is 0.483. The predicted octanol–water partition coefficient (Wildman–Crippen LogP) is 5.26. The summed E-state index contributed by atoms with van der Waals surface area (Å²) in [6, 6.07) is 5.89. The van der Waals surface area contributed by atoms with Crippen molar-refractivity contribution >= 4 is 38.3 Å². The zero-order valence-electron chi connectivity index (χ0n) is 23.0. The second-order valence-electron chi connectivity index (χ2n) is 10.1. The molecular weight excluding hydrogens is 499 g/mol. The van der Waals surface area contributed by atoms with Gasteiger partial charge in [0.1, 0.15) is 17.6 Å². The summed E-state index contributed by atoms with van der Waals surface area (Å²) in [5.41, 5.74) is 3.60. The number of nitrogens with zero attached hydrogens (tertiary/aromatic N) is 6. The molecule has 1 aliphatic heterocycles. The highest BCUT2D eigenvalue weighted by Crippen LogP contribution is 2.36. The summed E-state index contributed by atoms with van der Waals surface area (Å²) < 4.78 is 20.0. The van der Waals surface area contributed by atoms with Crippen LogP contribution in [0.15, 0.2) is 29.2 Å². The number of thiazole rings is 1. The number of pyridine rings is 1. The second-order valence-corrected chi connectivity index (χ2v) is 11.3. The molecule has 0 amide bonds. The lowest BCUT2D eigenvalue weighted by Crippen LogP contribution is -2.59. The fourth-order valence-corrected chi connectivity index (χ4v) is 6.57. The Morgan fingerprint density at radius 1 is 1.18 bits per heavy atom. The minimum atomic E-state index is -0.210. The average molecular weight is 535 g/mol. The van der Waals surface area contributed by atoms with Crippen LogP contribution in [0.5, 0.6) is 0 Å². The van der Waals surface area contributed by atoms with Gasteiger partial charge in [-0.15, -0.1) is 17.3 Å². The molecule has 4 aromatic rings. The molecule has 1 aliphatic rings. The molecule has 1 fully saturated rings. The highest BCUT2D eigenvalue weighted by atomic mass is 32.1. The summed E-state index contributed by atoms with van der Waals surface area (Å²) in [5, 5.41) is 5.71. The molecule has 200 valence electrons. The van der Waals surface area contributed by atoms with Gasteiger partial charge < -0.3 is 9.47 Å². The Morgan fingerprint density at radius 3 is 2.66 bits per heavy atom. The molecular formula is C29H35FN6OS. The number of halogens is 1. The average Bonchev–Trinajstić information content (AvgIpc) is 3.52. The van der Waals surface area contributed by atoms with E-state index < -0.39 is 0 Å². The molecule has 0 bridgehead atoms. The van der Waals surface area contributed by atoms with Crippen LogP contribution in [-0.4, -0.2) is 49.4 Å². The van der Waals surface area contributed by atoms with Gasteiger partial charge in [0.25, 0.3) is 5.56 Å². The Morgan fingerprint density at radius 2 is 1.95 bits per heavy atom. The van der Waals surface area contributed by atoms with E-state index in [1.54, 1.807) is 22.4 Å².